The summed E-state index contributed by atoms with van der Waals surface area (Å²) in [7, 11) is 0. The molecule has 0 aromatic rings. The summed E-state index contributed by atoms with van der Waals surface area (Å²) in [5.74, 6) is -3.04. The van der Waals surface area contributed by atoms with Crippen LogP contribution in [0.5, 0.6) is 0 Å². The van der Waals surface area contributed by atoms with Gasteiger partial charge >= 0.3 is 11.9 Å². The molecule has 202 valence electrons. The highest BCUT2D eigenvalue weighted by Gasteiger charge is 2.22. The molecule has 0 fully saturated rings. The quantitative estimate of drug-likeness (QED) is 0.133. The largest absolute Gasteiger partial charge is 0.481 e. The lowest BCUT2D eigenvalue weighted by Gasteiger charge is -2.16. The van der Waals surface area contributed by atoms with E-state index in [2.05, 4.69) is 10.6 Å². The number of aliphatic carboxylic acids is 2. The van der Waals surface area contributed by atoms with Crippen molar-refractivity contribution in [2.45, 2.75) is 122 Å². The highest BCUT2D eigenvalue weighted by molar-refractivity contribution is 5.90. The van der Waals surface area contributed by atoms with Crippen LogP contribution >= 0.6 is 0 Å². The molecule has 0 spiro atoms. The summed E-state index contributed by atoms with van der Waals surface area (Å²) in [4.78, 5) is 57.2. The maximum atomic E-state index is 12.1. The summed E-state index contributed by atoms with van der Waals surface area (Å²) in [6.07, 6.45) is 12.8. The van der Waals surface area contributed by atoms with Gasteiger partial charge in [0.15, 0.2) is 5.78 Å². The van der Waals surface area contributed by atoms with E-state index >= 15 is 0 Å². The Labute approximate surface area is 208 Å². The van der Waals surface area contributed by atoms with E-state index < -0.39 is 29.9 Å². The first kappa shape index (κ1) is 32.5. The molecule has 0 bridgehead atoms. The first-order chi connectivity index (χ1) is 16.7. The van der Waals surface area contributed by atoms with E-state index in [1.165, 1.54) is 26.2 Å². The highest BCUT2D eigenvalue weighted by Crippen LogP contribution is 2.13. The molecule has 0 saturated carbocycles. The minimum absolute atomic E-state index is 0.0568. The van der Waals surface area contributed by atoms with Gasteiger partial charge in [-0.1, -0.05) is 64.2 Å². The van der Waals surface area contributed by atoms with Crippen molar-refractivity contribution in [2.24, 2.45) is 5.73 Å². The van der Waals surface area contributed by atoms with E-state index in [4.69, 9.17) is 10.8 Å². The number of nitrogens with two attached hydrogens (primary N) is 1. The second-order valence-corrected chi connectivity index (χ2v) is 9.09. The fourth-order valence-electron chi connectivity index (χ4n) is 3.70. The molecule has 0 saturated heterocycles. The fourth-order valence-corrected chi connectivity index (χ4v) is 3.70. The molecule has 10 nitrogen and oxygen atoms in total. The molecule has 0 aromatic carbocycles. The summed E-state index contributed by atoms with van der Waals surface area (Å²) < 4.78 is 0. The number of rotatable bonds is 23. The summed E-state index contributed by atoms with van der Waals surface area (Å²) in [5.41, 5.74) is 5.24. The van der Waals surface area contributed by atoms with Crippen molar-refractivity contribution in [3.8, 4) is 0 Å². The minimum atomic E-state index is -1.20. The van der Waals surface area contributed by atoms with Gasteiger partial charge < -0.3 is 26.6 Å². The number of unbranched alkanes of at least 4 members (excludes halogenated alkanes) is 11. The van der Waals surface area contributed by atoms with Gasteiger partial charge in [0, 0.05) is 19.3 Å². The van der Waals surface area contributed by atoms with Crippen LogP contribution in [0, 0.1) is 0 Å². The Hall–Kier alpha value is -2.49. The third kappa shape index (κ3) is 19.5. The van der Waals surface area contributed by atoms with Gasteiger partial charge in [-0.15, -0.1) is 0 Å². The molecule has 0 rings (SSSR count). The number of carboxylic acids is 2. The average molecular weight is 500 g/mol. The molecule has 6 N–H and O–H groups in total. The molecule has 10 heteroatoms. The Morgan fingerprint density at radius 1 is 0.657 bits per heavy atom. The standard InChI is InChI=1S/C25H45N3O7/c1-19(21(29)18-26)27-23(31)17-16-20(25(34)35)28-22(30)14-12-10-8-6-4-2-3-5-7-9-11-13-15-24(32)33/h19-20H,2-18,26H2,1H3,(H,27,31)(H,28,30)(H,32,33)(H,34,35)/t19-,20-/m0/s1. The normalized spacial score (nSPS) is 12.5. The van der Waals surface area contributed by atoms with Crippen LogP contribution in [-0.4, -0.2) is 58.4 Å². The SMILES string of the molecule is C[C@H](NC(=O)CC[C@H](NC(=O)CCCCCCCCCCCCCCC(=O)O)C(=O)O)C(=O)CN. The van der Waals surface area contributed by atoms with E-state index in [-0.39, 0.29) is 43.9 Å². The zero-order valence-electron chi connectivity index (χ0n) is 21.2. The molecule has 2 atom stereocenters. The number of hydrogen-bond donors (Lipinski definition) is 5. The number of ketones is 1. The molecule has 0 heterocycles. The summed E-state index contributed by atoms with van der Waals surface area (Å²) in [5, 5.41) is 22.8. The van der Waals surface area contributed by atoms with Crippen LogP contribution in [0.4, 0.5) is 0 Å². The molecule has 0 aliphatic rings. The summed E-state index contributed by atoms with van der Waals surface area (Å²) in [6.45, 7) is 1.33. The van der Waals surface area contributed by atoms with Gasteiger partial charge in [0.1, 0.15) is 6.04 Å². The number of carboxylic acid groups (broad SMARTS) is 2. The van der Waals surface area contributed by atoms with E-state index in [0.717, 1.165) is 51.4 Å². The Morgan fingerprint density at radius 2 is 1.09 bits per heavy atom. The van der Waals surface area contributed by atoms with Crippen LogP contribution in [0.25, 0.3) is 0 Å². The zero-order valence-corrected chi connectivity index (χ0v) is 21.2. The second kappa shape index (κ2) is 20.8. The lowest BCUT2D eigenvalue weighted by Crippen LogP contribution is -2.44. The number of carbonyl (C=O) groups is 5. The van der Waals surface area contributed by atoms with E-state index in [1.807, 2.05) is 0 Å². The van der Waals surface area contributed by atoms with Gasteiger partial charge in [0.05, 0.1) is 12.6 Å². The molecule has 2 amide bonds. The number of Topliss-reactive ketones (excluding diaryl/α,β-unsaturated/α-hetero) is 1. The Morgan fingerprint density at radius 3 is 1.51 bits per heavy atom. The summed E-state index contributed by atoms with van der Waals surface area (Å²) in [6, 6.07) is -1.88. The molecule has 0 aliphatic heterocycles. The Kier molecular flexibility index (Phi) is 19.4. The maximum Gasteiger partial charge on any atom is 0.326 e. The third-order valence-electron chi connectivity index (χ3n) is 5.90. The summed E-state index contributed by atoms with van der Waals surface area (Å²) >= 11 is 0. The first-order valence-corrected chi connectivity index (χ1v) is 12.9. The van der Waals surface area contributed by atoms with Crippen LogP contribution < -0.4 is 16.4 Å². The number of carbonyl (C=O) groups excluding carboxylic acids is 3. The second-order valence-electron chi connectivity index (χ2n) is 9.09. The lowest BCUT2D eigenvalue weighted by molar-refractivity contribution is -0.142. The van der Waals surface area contributed by atoms with Crippen molar-refractivity contribution in [2.75, 3.05) is 6.54 Å². The topological polar surface area (TPSA) is 176 Å². The predicted octanol–water partition coefficient (Wildman–Crippen LogP) is 2.91. The van der Waals surface area contributed by atoms with Gasteiger partial charge in [0.2, 0.25) is 11.8 Å². The number of hydrogen-bond acceptors (Lipinski definition) is 6. The monoisotopic (exact) mass is 499 g/mol. The van der Waals surface area contributed by atoms with Gasteiger partial charge in [0.25, 0.3) is 0 Å². The minimum Gasteiger partial charge on any atom is -0.481 e. The van der Waals surface area contributed by atoms with Crippen molar-refractivity contribution in [1.29, 1.82) is 0 Å². The number of amides is 2. The van der Waals surface area contributed by atoms with E-state index in [0.29, 0.717) is 6.42 Å². The van der Waals surface area contributed by atoms with Crippen molar-refractivity contribution in [1.82, 2.24) is 10.6 Å². The van der Waals surface area contributed by atoms with Gasteiger partial charge in [-0.3, -0.25) is 19.2 Å². The average Bonchev–Trinajstić information content (AvgIpc) is 2.80. The van der Waals surface area contributed by atoms with Crippen LogP contribution in [0.1, 0.15) is 110 Å². The van der Waals surface area contributed by atoms with Crippen LogP contribution in [0.2, 0.25) is 0 Å². The van der Waals surface area contributed by atoms with Gasteiger partial charge in [-0.05, 0) is 26.2 Å². The van der Waals surface area contributed by atoms with Gasteiger partial charge in [-0.25, -0.2) is 4.79 Å². The third-order valence-corrected chi connectivity index (χ3v) is 5.90. The van der Waals surface area contributed by atoms with Crippen LogP contribution in [0.3, 0.4) is 0 Å². The zero-order chi connectivity index (χ0) is 26.5. The Bertz CT molecular complexity index is 655. The molecule has 0 aromatic heterocycles. The highest BCUT2D eigenvalue weighted by atomic mass is 16.4. The van der Waals surface area contributed by atoms with E-state index in [1.54, 1.807) is 0 Å². The van der Waals surface area contributed by atoms with E-state index in [9.17, 15) is 29.1 Å². The van der Waals surface area contributed by atoms with Crippen molar-refractivity contribution in [3.05, 3.63) is 0 Å². The van der Waals surface area contributed by atoms with Crippen LogP contribution in [-0.2, 0) is 24.0 Å². The maximum absolute atomic E-state index is 12.1. The smallest absolute Gasteiger partial charge is 0.326 e. The molecule has 0 radical (unpaired) electrons. The molecular weight excluding hydrogens is 454 g/mol. The predicted molar refractivity (Wildman–Crippen MR) is 133 cm³/mol. The van der Waals surface area contributed by atoms with Gasteiger partial charge in [-0.2, -0.15) is 0 Å². The lowest BCUT2D eigenvalue weighted by atomic mass is 10.0. The fraction of sp³-hybridized carbons (Fsp3) is 0.800. The molecule has 0 aliphatic carbocycles. The molecule has 0 unspecified atom stereocenters. The van der Waals surface area contributed by atoms with Crippen molar-refractivity contribution < 1.29 is 34.2 Å². The van der Waals surface area contributed by atoms with Crippen molar-refractivity contribution >= 4 is 29.5 Å². The molecular formula is C25H45N3O7. The first-order valence-electron chi connectivity index (χ1n) is 12.9. The van der Waals surface area contributed by atoms with Crippen LogP contribution in [0.15, 0.2) is 0 Å². The molecule has 35 heavy (non-hydrogen) atoms. The van der Waals surface area contributed by atoms with Crippen molar-refractivity contribution in [3.63, 3.8) is 0 Å². The number of nitrogens with one attached hydrogen (secondary N) is 2. The Balaban J connectivity index is 3.78.